The summed E-state index contributed by atoms with van der Waals surface area (Å²) in [6, 6.07) is 13.6. The third kappa shape index (κ3) is 5.65. The lowest BCUT2D eigenvalue weighted by Gasteiger charge is -2.09. The van der Waals surface area contributed by atoms with E-state index in [2.05, 4.69) is 15.8 Å². The molecule has 130 valence electrons. The van der Waals surface area contributed by atoms with Crippen molar-refractivity contribution >= 4 is 23.7 Å². The molecule has 2 rings (SSSR count). The lowest BCUT2D eigenvalue weighted by atomic mass is 10.2. The molecule has 0 aliphatic rings. The second-order valence-corrected chi connectivity index (χ2v) is 5.10. The average molecular weight is 341 g/mol. The van der Waals surface area contributed by atoms with Gasteiger partial charge in [-0.05, 0) is 24.3 Å². The highest BCUT2D eigenvalue weighted by Crippen LogP contribution is 2.23. The first-order valence-electron chi connectivity index (χ1n) is 7.63. The minimum atomic E-state index is -0.401. The van der Waals surface area contributed by atoms with E-state index in [-0.39, 0.29) is 24.5 Å². The monoisotopic (exact) mass is 341 g/mol. The number of hydrogen-bond donors (Lipinski definition) is 3. The van der Waals surface area contributed by atoms with Crippen LogP contribution in [-0.2, 0) is 9.59 Å². The third-order valence-corrected chi connectivity index (χ3v) is 3.29. The van der Waals surface area contributed by atoms with Crippen molar-refractivity contribution in [2.45, 2.75) is 12.8 Å². The highest BCUT2D eigenvalue weighted by Gasteiger charge is 2.09. The lowest BCUT2D eigenvalue weighted by Crippen LogP contribution is -2.20. The molecule has 2 aromatic carbocycles. The molecule has 25 heavy (non-hydrogen) atoms. The van der Waals surface area contributed by atoms with Crippen molar-refractivity contribution in [3.63, 3.8) is 0 Å². The van der Waals surface area contributed by atoms with E-state index in [4.69, 9.17) is 4.74 Å². The Morgan fingerprint density at radius 2 is 1.76 bits per heavy atom. The Morgan fingerprint density at radius 1 is 1.08 bits per heavy atom. The van der Waals surface area contributed by atoms with E-state index in [1.54, 1.807) is 42.5 Å². The number of nitrogens with one attached hydrogen (secondary N) is 2. The lowest BCUT2D eigenvalue weighted by molar-refractivity contribution is -0.124. The number of phenolic OH excluding ortho intramolecular Hbond substituents is 1. The number of para-hydroxylation sites is 3. The molecule has 7 nitrogen and oxygen atoms in total. The van der Waals surface area contributed by atoms with Gasteiger partial charge >= 0.3 is 0 Å². The summed E-state index contributed by atoms with van der Waals surface area (Å²) in [7, 11) is 1.51. The van der Waals surface area contributed by atoms with E-state index in [0.717, 1.165) is 0 Å². The SMILES string of the molecule is COc1ccccc1NC(=O)CCC(=O)N/N=C\c1ccccc1O. The van der Waals surface area contributed by atoms with Crippen LogP contribution in [0.3, 0.4) is 0 Å². The molecule has 0 aliphatic heterocycles. The van der Waals surface area contributed by atoms with Gasteiger partial charge in [0.2, 0.25) is 11.8 Å². The molecule has 0 saturated heterocycles. The second-order valence-electron chi connectivity index (χ2n) is 5.10. The number of phenols is 1. The number of hydrazone groups is 1. The predicted octanol–water partition coefficient (Wildman–Crippen LogP) is 2.27. The molecular weight excluding hydrogens is 322 g/mol. The Hall–Kier alpha value is -3.35. The maximum Gasteiger partial charge on any atom is 0.240 e. The summed E-state index contributed by atoms with van der Waals surface area (Å²) in [5.74, 6) is -0.0876. The molecule has 0 saturated carbocycles. The summed E-state index contributed by atoms with van der Waals surface area (Å²) in [5.41, 5.74) is 3.35. The van der Waals surface area contributed by atoms with Crippen LogP contribution in [0.25, 0.3) is 0 Å². The molecule has 0 aromatic heterocycles. The molecule has 0 radical (unpaired) electrons. The summed E-state index contributed by atoms with van der Waals surface area (Å²) in [4.78, 5) is 23.6. The first kappa shape index (κ1) is 18.0. The molecule has 3 N–H and O–H groups in total. The topological polar surface area (TPSA) is 100 Å². The molecule has 7 heteroatoms. The number of aromatic hydroxyl groups is 1. The Labute approximate surface area is 145 Å². The molecular formula is C18H19N3O4. The highest BCUT2D eigenvalue weighted by atomic mass is 16.5. The highest BCUT2D eigenvalue weighted by molar-refractivity contribution is 5.94. The molecule has 0 atom stereocenters. The van der Waals surface area contributed by atoms with E-state index in [1.807, 2.05) is 0 Å². The minimum absolute atomic E-state index is 0.00991. The van der Waals surface area contributed by atoms with Crippen LogP contribution in [0.15, 0.2) is 53.6 Å². The Balaban J connectivity index is 1.78. The van der Waals surface area contributed by atoms with Crippen molar-refractivity contribution in [3.05, 3.63) is 54.1 Å². The summed E-state index contributed by atoms with van der Waals surface area (Å²) < 4.78 is 5.14. The van der Waals surface area contributed by atoms with Crippen LogP contribution in [-0.4, -0.2) is 30.2 Å². The second kappa shape index (κ2) is 9.07. The van der Waals surface area contributed by atoms with Gasteiger partial charge in [-0.1, -0.05) is 24.3 Å². The van der Waals surface area contributed by atoms with Gasteiger partial charge in [-0.25, -0.2) is 5.43 Å². The van der Waals surface area contributed by atoms with Crippen molar-refractivity contribution in [2.75, 3.05) is 12.4 Å². The van der Waals surface area contributed by atoms with Crippen molar-refractivity contribution < 1.29 is 19.4 Å². The van der Waals surface area contributed by atoms with Crippen LogP contribution in [0.2, 0.25) is 0 Å². The van der Waals surface area contributed by atoms with Crippen molar-refractivity contribution in [1.29, 1.82) is 0 Å². The first-order valence-corrected chi connectivity index (χ1v) is 7.63. The van der Waals surface area contributed by atoms with E-state index in [9.17, 15) is 14.7 Å². The maximum atomic E-state index is 11.9. The zero-order valence-corrected chi connectivity index (χ0v) is 13.7. The summed E-state index contributed by atoms with van der Waals surface area (Å²) in [6.07, 6.45) is 1.33. The molecule has 0 bridgehead atoms. The average Bonchev–Trinajstić information content (AvgIpc) is 2.62. The van der Waals surface area contributed by atoms with Crippen LogP contribution in [0, 0.1) is 0 Å². The van der Waals surface area contributed by atoms with Crippen LogP contribution < -0.4 is 15.5 Å². The van der Waals surface area contributed by atoms with Gasteiger partial charge < -0.3 is 15.2 Å². The minimum Gasteiger partial charge on any atom is -0.507 e. The van der Waals surface area contributed by atoms with Crippen molar-refractivity contribution in [1.82, 2.24) is 5.43 Å². The summed E-state index contributed by atoms with van der Waals surface area (Å²) in [5, 5.41) is 16.0. The largest absolute Gasteiger partial charge is 0.507 e. The molecule has 2 aromatic rings. The fourth-order valence-corrected chi connectivity index (χ4v) is 2.01. The van der Waals surface area contributed by atoms with Gasteiger partial charge in [-0.2, -0.15) is 5.10 Å². The van der Waals surface area contributed by atoms with Crippen LogP contribution in [0.1, 0.15) is 18.4 Å². The zero-order valence-electron chi connectivity index (χ0n) is 13.7. The number of anilines is 1. The number of rotatable bonds is 7. The standard InChI is InChI=1S/C18H19N3O4/c1-25-16-9-5-3-7-14(16)20-17(23)10-11-18(24)21-19-12-13-6-2-4-8-15(13)22/h2-9,12,22H,10-11H2,1H3,(H,20,23)(H,21,24)/b19-12-. The molecule has 2 amide bonds. The fraction of sp³-hybridized carbons (Fsp3) is 0.167. The predicted molar refractivity (Wildman–Crippen MR) is 94.7 cm³/mol. The number of nitrogens with zero attached hydrogens (tertiary/aromatic N) is 1. The van der Waals surface area contributed by atoms with Gasteiger partial charge in [0.05, 0.1) is 19.0 Å². The normalized spacial score (nSPS) is 10.4. The molecule has 0 fully saturated rings. The molecule has 0 heterocycles. The van der Waals surface area contributed by atoms with Crippen LogP contribution in [0.5, 0.6) is 11.5 Å². The Morgan fingerprint density at radius 3 is 2.52 bits per heavy atom. The number of amides is 2. The third-order valence-electron chi connectivity index (χ3n) is 3.29. The van der Waals surface area contributed by atoms with E-state index in [1.165, 1.54) is 19.4 Å². The Kier molecular flexibility index (Phi) is 6.53. The van der Waals surface area contributed by atoms with Gasteiger partial charge in [0, 0.05) is 18.4 Å². The smallest absolute Gasteiger partial charge is 0.240 e. The first-order chi connectivity index (χ1) is 12.1. The van der Waals surface area contributed by atoms with E-state index >= 15 is 0 Å². The number of carbonyl (C=O) groups is 2. The molecule has 0 aliphatic carbocycles. The number of benzene rings is 2. The molecule has 0 unspecified atom stereocenters. The number of ether oxygens (including phenoxy) is 1. The van der Waals surface area contributed by atoms with Crippen LogP contribution in [0.4, 0.5) is 5.69 Å². The van der Waals surface area contributed by atoms with E-state index in [0.29, 0.717) is 17.0 Å². The van der Waals surface area contributed by atoms with Gasteiger partial charge in [-0.3, -0.25) is 9.59 Å². The van der Waals surface area contributed by atoms with Gasteiger partial charge in [0.25, 0.3) is 0 Å². The van der Waals surface area contributed by atoms with E-state index < -0.39 is 5.91 Å². The van der Waals surface area contributed by atoms with Gasteiger partial charge in [0.1, 0.15) is 11.5 Å². The maximum absolute atomic E-state index is 11.9. The fourth-order valence-electron chi connectivity index (χ4n) is 2.01. The van der Waals surface area contributed by atoms with Gasteiger partial charge in [-0.15, -0.1) is 0 Å². The number of carbonyl (C=O) groups excluding carboxylic acids is 2. The van der Waals surface area contributed by atoms with Gasteiger partial charge in [0.15, 0.2) is 0 Å². The zero-order chi connectivity index (χ0) is 18.1. The quantitative estimate of drug-likeness (QED) is 0.531. The Bertz CT molecular complexity index is 774. The molecule has 0 spiro atoms. The van der Waals surface area contributed by atoms with Crippen molar-refractivity contribution in [2.24, 2.45) is 5.10 Å². The number of hydrogen-bond acceptors (Lipinski definition) is 5. The number of methoxy groups -OCH3 is 1. The van der Waals surface area contributed by atoms with Crippen molar-refractivity contribution in [3.8, 4) is 11.5 Å². The van der Waals surface area contributed by atoms with Crippen LogP contribution >= 0.6 is 0 Å². The summed E-state index contributed by atoms with van der Waals surface area (Å²) >= 11 is 0. The summed E-state index contributed by atoms with van der Waals surface area (Å²) in [6.45, 7) is 0.